The van der Waals surface area contributed by atoms with E-state index in [0.29, 0.717) is 29.9 Å². The molecule has 1 saturated carbocycles. The molecule has 0 amide bonds. The van der Waals surface area contributed by atoms with Gasteiger partial charge >= 0.3 is 6.18 Å². The molecule has 0 spiro atoms. The van der Waals surface area contributed by atoms with Crippen LogP contribution in [0.3, 0.4) is 0 Å². The number of pyridine rings is 1. The molecule has 0 bridgehead atoms. The summed E-state index contributed by atoms with van der Waals surface area (Å²) in [4.78, 5) is 3.71. The number of alkyl halides is 3. The molecule has 2 atom stereocenters. The van der Waals surface area contributed by atoms with Gasteiger partial charge in [-0.2, -0.15) is 13.2 Å². The van der Waals surface area contributed by atoms with Crippen molar-refractivity contribution in [3.8, 4) is 17.1 Å². The maximum atomic E-state index is 12.8. The Bertz CT molecular complexity index is 1010. The van der Waals surface area contributed by atoms with E-state index < -0.39 is 23.6 Å². The lowest BCUT2D eigenvalue weighted by atomic mass is 9.92. The van der Waals surface area contributed by atoms with Gasteiger partial charge in [0.15, 0.2) is 17.1 Å². The number of hydrogen-bond acceptors (Lipinski definition) is 7. The molecule has 0 saturated heterocycles. The molecule has 1 aliphatic carbocycles. The average Bonchev–Trinajstić information content (AvgIpc) is 3.13. The Morgan fingerprint density at radius 3 is 2.64 bits per heavy atom. The highest BCUT2D eigenvalue weighted by atomic mass is 19.4. The predicted molar refractivity (Wildman–Crippen MR) is 93.6 cm³/mol. The molecule has 7 nitrogen and oxygen atoms in total. The van der Waals surface area contributed by atoms with E-state index in [4.69, 9.17) is 4.42 Å². The van der Waals surface area contributed by atoms with Crippen LogP contribution in [0, 0.1) is 0 Å². The van der Waals surface area contributed by atoms with E-state index in [1.807, 2.05) is 0 Å². The lowest BCUT2D eigenvalue weighted by molar-refractivity contribution is -0.137. The molecule has 0 aliphatic heterocycles. The molecule has 3 N–H and O–H groups in total. The zero-order valence-electron chi connectivity index (χ0n) is 14.6. The van der Waals surface area contributed by atoms with Gasteiger partial charge in [0.2, 0.25) is 0 Å². The Labute approximate surface area is 157 Å². The highest BCUT2D eigenvalue weighted by Gasteiger charge is 2.32. The maximum absolute atomic E-state index is 12.8. The summed E-state index contributed by atoms with van der Waals surface area (Å²) in [5.41, 5.74) is -0.974. The summed E-state index contributed by atoms with van der Waals surface area (Å²) in [5, 5.41) is 32.0. The molecule has 3 aromatic heterocycles. The number of nitrogens with zero attached hydrogens (tertiary/aromatic N) is 3. The number of rotatable bonds is 3. The summed E-state index contributed by atoms with van der Waals surface area (Å²) in [5.74, 6) is -0.282. The third kappa shape index (κ3) is 3.35. The quantitative estimate of drug-likeness (QED) is 0.622. The van der Waals surface area contributed by atoms with E-state index in [-0.39, 0.29) is 23.0 Å². The van der Waals surface area contributed by atoms with Gasteiger partial charge in [0.1, 0.15) is 11.4 Å². The number of furan rings is 1. The van der Waals surface area contributed by atoms with Crippen LogP contribution in [-0.4, -0.2) is 37.5 Å². The van der Waals surface area contributed by atoms with Gasteiger partial charge in [0, 0.05) is 6.20 Å². The number of hydrogen-bond donors (Lipinski definition) is 3. The fourth-order valence-electron chi connectivity index (χ4n) is 3.39. The van der Waals surface area contributed by atoms with Crippen LogP contribution < -0.4 is 5.32 Å². The number of aliphatic hydroxyl groups is 1. The largest absolute Gasteiger partial charge is 0.506 e. The van der Waals surface area contributed by atoms with Crippen molar-refractivity contribution < 1.29 is 27.8 Å². The van der Waals surface area contributed by atoms with Crippen molar-refractivity contribution in [2.75, 3.05) is 5.32 Å². The first-order valence-electron chi connectivity index (χ1n) is 8.79. The number of aromatic hydroxyl groups is 1. The van der Waals surface area contributed by atoms with Gasteiger partial charge in [-0.1, -0.05) is 12.8 Å². The zero-order chi connectivity index (χ0) is 19.9. The second-order valence-corrected chi connectivity index (χ2v) is 6.75. The monoisotopic (exact) mass is 394 g/mol. The summed E-state index contributed by atoms with van der Waals surface area (Å²) in [6, 6.07) is 2.04. The fraction of sp³-hybridized carbons (Fsp3) is 0.389. The molecule has 3 heterocycles. The first-order valence-corrected chi connectivity index (χ1v) is 8.79. The standard InChI is InChI=1S/C18H17F3N4O3/c19-18(20,21)9-7-13(27)14(22-8-9)15-16-10(5-6-28-16)17(25-24-15)23-11-3-1-2-4-12(11)26/h5-8,11-12,26-27H,1-4H2,(H,23,25). The van der Waals surface area contributed by atoms with Gasteiger partial charge < -0.3 is 19.9 Å². The minimum absolute atomic E-state index is 0.0287. The van der Waals surface area contributed by atoms with Gasteiger partial charge in [-0.3, -0.25) is 0 Å². The zero-order valence-corrected chi connectivity index (χ0v) is 14.6. The Hall–Kier alpha value is -2.88. The lowest BCUT2D eigenvalue weighted by Gasteiger charge is -2.28. The molecular weight excluding hydrogens is 377 g/mol. The molecule has 1 fully saturated rings. The van der Waals surface area contributed by atoms with Crippen molar-refractivity contribution in [2.24, 2.45) is 0 Å². The van der Waals surface area contributed by atoms with Gasteiger partial charge in [-0.25, -0.2) is 4.98 Å². The van der Waals surface area contributed by atoms with Crippen molar-refractivity contribution in [3.63, 3.8) is 0 Å². The summed E-state index contributed by atoms with van der Waals surface area (Å²) in [6.45, 7) is 0. The topological polar surface area (TPSA) is 104 Å². The molecule has 0 radical (unpaired) electrons. The predicted octanol–water partition coefficient (Wildman–Crippen LogP) is 3.72. The number of aromatic nitrogens is 3. The lowest BCUT2D eigenvalue weighted by Crippen LogP contribution is -2.36. The van der Waals surface area contributed by atoms with Gasteiger partial charge in [0.25, 0.3) is 0 Å². The van der Waals surface area contributed by atoms with Gasteiger partial charge in [0.05, 0.1) is 29.4 Å². The van der Waals surface area contributed by atoms with Crippen LogP contribution in [-0.2, 0) is 6.18 Å². The van der Waals surface area contributed by atoms with E-state index in [0.717, 1.165) is 19.3 Å². The highest BCUT2D eigenvalue weighted by Crippen LogP contribution is 2.37. The minimum Gasteiger partial charge on any atom is -0.506 e. The maximum Gasteiger partial charge on any atom is 0.418 e. The Morgan fingerprint density at radius 1 is 1.14 bits per heavy atom. The molecule has 1 aliphatic rings. The van der Waals surface area contributed by atoms with Crippen molar-refractivity contribution in [2.45, 2.75) is 44.0 Å². The molecular formula is C18H17F3N4O3. The van der Waals surface area contributed by atoms with E-state index in [1.54, 1.807) is 6.07 Å². The molecule has 148 valence electrons. The normalized spacial score (nSPS) is 20.4. The van der Waals surface area contributed by atoms with Crippen molar-refractivity contribution in [1.82, 2.24) is 15.2 Å². The van der Waals surface area contributed by atoms with Crippen LogP contribution in [0.4, 0.5) is 19.0 Å². The van der Waals surface area contributed by atoms with Crippen molar-refractivity contribution in [3.05, 3.63) is 30.2 Å². The second kappa shape index (κ2) is 6.93. The molecule has 10 heteroatoms. The van der Waals surface area contributed by atoms with Crippen molar-refractivity contribution >= 4 is 16.8 Å². The number of nitrogens with one attached hydrogen (secondary N) is 1. The van der Waals surface area contributed by atoms with Crippen LogP contribution in [0.25, 0.3) is 22.4 Å². The summed E-state index contributed by atoms with van der Waals surface area (Å²) >= 11 is 0. The second-order valence-electron chi connectivity index (χ2n) is 6.75. The first kappa shape index (κ1) is 18.5. The Balaban J connectivity index is 1.71. The fourth-order valence-corrected chi connectivity index (χ4v) is 3.39. The van der Waals surface area contributed by atoms with E-state index in [9.17, 15) is 23.4 Å². The number of halogens is 3. The van der Waals surface area contributed by atoms with E-state index in [2.05, 4.69) is 20.5 Å². The highest BCUT2D eigenvalue weighted by molar-refractivity contribution is 5.96. The third-order valence-electron chi connectivity index (χ3n) is 4.86. The van der Waals surface area contributed by atoms with Crippen LogP contribution >= 0.6 is 0 Å². The summed E-state index contributed by atoms with van der Waals surface area (Å²) in [7, 11) is 0. The van der Waals surface area contributed by atoms with Crippen LogP contribution in [0.2, 0.25) is 0 Å². The average molecular weight is 394 g/mol. The number of anilines is 1. The molecule has 4 rings (SSSR count). The van der Waals surface area contributed by atoms with Crippen molar-refractivity contribution in [1.29, 1.82) is 0 Å². The Kier molecular flexibility index (Phi) is 4.58. The smallest absolute Gasteiger partial charge is 0.418 e. The van der Waals surface area contributed by atoms with E-state index >= 15 is 0 Å². The van der Waals surface area contributed by atoms with Crippen LogP contribution in [0.1, 0.15) is 31.2 Å². The van der Waals surface area contributed by atoms with Crippen LogP contribution in [0.5, 0.6) is 5.75 Å². The Morgan fingerprint density at radius 2 is 1.93 bits per heavy atom. The van der Waals surface area contributed by atoms with Crippen LogP contribution in [0.15, 0.2) is 29.0 Å². The number of aliphatic hydroxyl groups excluding tert-OH is 1. The molecule has 28 heavy (non-hydrogen) atoms. The molecule has 2 unspecified atom stereocenters. The van der Waals surface area contributed by atoms with E-state index in [1.165, 1.54) is 6.26 Å². The third-order valence-corrected chi connectivity index (χ3v) is 4.86. The first-order chi connectivity index (χ1) is 13.3. The summed E-state index contributed by atoms with van der Waals surface area (Å²) < 4.78 is 43.8. The summed E-state index contributed by atoms with van der Waals surface area (Å²) in [6.07, 6.45) is 0.312. The molecule has 3 aromatic rings. The minimum atomic E-state index is -4.62. The SMILES string of the molecule is Oc1cc(C(F)(F)F)cnc1-c1nnc(NC2CCCCC2O)c2ccoc12. The van der Waals surface area contributed by atoms with Gasteiger partial charge in [-0.05, 0) is 25.0 Å². The van der Waals surface area contributed by atoms with Gasteiger partial charge in [-0.15, -0.1) is 10.2 Å². The number of fused-ring (bicyclic) bond motifs is 1. The molecule has 0 aromatic carbocycles.